The lowest BCUT2D eigenvalue weighted by Crippen LogP contribution is -2.11. The Labute approximate surface area is 140 Å². The first-order valence-corrected chi connectivity index (χ1v) is 8.84. The second kappa shape index (κ2) is 7.26. The molecular weight excluding hydrogens is 422 g/mol. The summed E-state index contributed by atoms with van der Waals surface area (Å²) in [6.07, 6.45) is 0. The van der Waals surface area contributed by atoms with Gasteiger partial charge in [0.05, 0.1) is 20.7 Å². The Kier molecular flexibility index (Phi) is 6.21. The number of benzene rings is 2. The summed E-state index contributed by atoms with van der Waals surface area (Å²) in [4.78, 5) is 0.156. The van der Waals surface area contributed by atoms with Gasteiger partial charge in [0.1, 0.15) is 0 Å². The number of aryl methyl sites for hydroxylation is 1. The molecule has 0 spiro atoms. The summed E-state index contributed by atoms with van der Waals surface area (Å²) in [7, 11) is -3.52. The molecular formula is C13H15Br2N3O2S. The Morgan fingerprint density at radius 1 is 0.952 bits per heavy atom. The summed E-state index contributed by atoms with van der Waals surface area (Å²) in [5.41, 5.74) is 13.3. The SMILES string of the molecule is Cc1ccc(S(N)(=O)=O)cc1.Nc1ccc(Br)c(Br)c1N. The molecule has 0 bridgehead atoms. The van der Waals surface area contributed by atoms with Gasteiger partial charge in [-0.05, 0) is 63.0 Å². The van der Waals surface area contributed by atoms with E-state index in [0.29, 0.717) is 11.4 Å². The van der Waals surface area contributed by atoms with Gasteiger partial charge in [0.2, 0.25) is 10.0 Å². The van der Waals surface area contributed by atoms with Crippen molar-refractivity contribution in [3.8, 4) is 0 Å². The van der Waals surface area contributed by atoms with Crippen molar-refractivity contribution >= 4 is 53.3 Å². The average Bonchev–Trinajstić information content (AvgIpc) is 2.41. The lowest BCUT2D eigenvalue weighted by molar-refractivity contribution is 0.598. The minimum Gasteiger partial charge on any atom is -0.397 e. The standard InChI is InChI=1S/C7H9NO2S.C6H6Br2N2/c1-6-2-4-7(5-3-6)11(8,9)10;7-3-1-2-4(9)6(10)5(3)8/h2-5H,1H3,(H2,8,9,10);1-2H,9-10H2. The molecule has 0 amide bonds. The van der Waals surface area contributed by atoms with E-state index in [1.165, 1.54) is 12.1 Å². The molecule has 0 radical (unpaired) electrons. The van der Waals surface area contributed by atoms with E-state index in [2.05, 4.69) is 31.9 Å². The molecule has 2 aromatic carbocycles. The van der Waals surface area contributed by atoms with E-state index in [-0.39, 0.29) is 4.90 Å². The molecule has 2 aromatic rings. The van der Waals surface area contributed by atoms with E-state index in [4.69, 9.17) is 16.6 Å². The van der Waals surface area contributed by atoms with Gasteiger partial charge in [0.15, 0.2) is 0 Å². The first-order chi connectivity index (χ1) is 9.62. The predicted octanol–water partition coefficient (Wildman–Crippen LogP) is 3.02. The van der Waals surface area contributed by atoms with Crippen molar-refractivity contribution in [1.29, 1.82) is 0 Å². The van der Waals surface area contributed by atoms with Crippen LogP contribution < -0.4 is 16.6 Å². The van der Waals surface area contributed by atoms with E-state index in [9.17, 15) is 8.42 Å². The molecule has 0 aliphatic rings. The Morgan fingerprint density at radius 3 is 1.90 bits per heavy atom. The van der Waals surface area contributed by atoms with Crippen LogP contribution in [0.1, 0.15) is 5.56 Å². The predicted molar refractivity (Wildman–Crippen MR) is 93.2 cm³/mol. The summed E-state index contributed by atoms with van der Waals surface area (Å²) in [5, 5.41) is 4.88. The van der Waals surface area contributed by atoms with Gasteiger partial charge < -0.3 is 11.5 Å². The lowest BCUT2D eigenvalue weighted by Gasteiger charge is -2.02. The molecule has 0 aromatic heterocycles. The van der Waals surface area contributed by atoms with Crippen LogP contribution in [0, 0.1) is 6.92 Å². The smallest absolute Gasteiger partial charge is 0.238 e. The molecule has 5 nitrogen and oxygen atoms in total. The number of rotatable bonds is 1. The van der Waals surface area contributed by atoms with Gasteiger partial charge in [-0.3, -0.25) is 0 Å². The van der Waals surface area contributed by atoms with Crippen molar-refractivity contribution in [2.75, 3.05) is 11.5 Å². The fourth-order valence-electron chi connectivity index (χ4n) is 1.31. The highest BCUT2D eigenvalue weighted by molar-refractivity contribution is 9.13. The van der Waals surface area contributed by atoms with Crippen LogP contribution in [0.4, 0.5) is 11.4 Å². The second-order valence-corrected chi connectivity index (χ2v) is 7.43. The Bertz CT molecular complexity index is 705. The molecule has 21 heavy (non-hydrogen) atoms. The molecule has 8 heteroatoms. The number of primary sulfonamides is 1. The van der Waals surface area contributed by atoms with E-state index in [1.54, 1.807) is 18.2 Å². The van der Waals surface area contributed by atoms with Crippen LogP contribution >= 0.6 is 31.9 Å². The van der Waals surface area contributed by atoms with Crippen LogP contribution in [-0.2, 0) is 10.0 Å². The molecule has 2 rings (SSSR count). The maximum atomic E-state index is 10.7. The van der Waals surface area contributed by atoms with Crippen LogP contribution in [0.2, 0.25) is 0 Å². The second-order valence-electron chi connectivity index (χ2n) is 4.22. The topological polar surface area (TPSA) is 112 Å². The number of hydrogen-bond donors (Lipinski definition) is 3. The van der Waals surface area contributed by atoms with Crippen LogP contribution in [0.5, 0.6) is 0 Å². The summed E-state index contributed by atoms with van der Waals surface area (Å²) < 4.78 is 23.2. The van der Waals surface area contributed by atoms with Crippen molar-refractivity contribution in [3.05, 3.63) is 50.9 Å². The van der Waals surface area contributed by atoms with E-state index in [1.807, 2.05) is 13.0 Å². The molecule has 0 saturated heterocycles. The van der Waals surface area contributed by atoms with Gasteiger partial charge in [-0.2, -0.15) is 0 Å². The van der Waals surface area contributed by atoms with E-state index >= 15 is 0 Å². The molecule has 114 valence electrons. The number of nitrogens with two attached hydrogens (primary N) is 3. The molecule has 0 atom stereocenters. The molecule has 6 N–H and O–H groups in total. The van der Waals surface area contributed by atoms with Gasteiger partial charge >= 0.3 is 0 Å². The normalized spacial score (nSPS) is 10.7. The highest BCUT2D eigenvalue weighted by Gasteiger charge is 2.05. The highest BCUT2D eigenvalue weighted by Crippen LogP contribution is 2.32. The zero-order valence-corrected chi connectivity index (χ0v) is 15.2. The third kappa shape index (κ3) is 5.31. The Morgan fingerprint density at radius 2 is 1.48 bits per heavy atom. The van der Waals surface area contributed by atoms with Crippen LogP contribution in [0.3, 0.4) is 0 Å². The van der Waals surface area contributed by atoms with Crippen LogP contribution in [-0.4, -0.2) is 8.42 Å². The fraction of sp³-hybridized carbons (Fsp3) is 0.0769. The quantitative estimate of drug-likeness (QED) is 0.596. The maximum absolute atomic E-state index is 10.7. The average molecular weight is 437 g/mol. The third-order valence-corrected chi connectivity index (χ3v) is 5.49. The zero-order valence-electron chi connectivity index (χ0n) is 11.2. The Hall–Kier alpha value is -1.09. The van der Waals surface area contributed by atoms with Crippen LogP contribution in [0.25, 0.3) is 0 Å². The highest BCUT2D eigenvalue weighted by atomic mass is 79.9. The number of nitrogen functional groups attached to an aromatic ring is 2. The minimum atomic E-state index is -3.52. The Balaban J connectivity index is 0.000000211. The summed E-state index contributed by atoms with van der Waals surface area (Å²) in [5.74, 6) is 0. The van der Waals surface area contributed by atoms with Gasteiger partial charge in [0.25, 0.3) is 0 Å². The molecule has 0 aliphatic carbocycles. The summed E-state index contributed by atoms with van der Waals surface area (Å²) >= 11 is 6.58. The van der Waals surface area contributed by atoms with Crippen molar-refractivity contribution < 1.29 is 8.42 Å². The van der Waals surface area contributed by atoms with Gasteiger partial charge in [-0.1, -0.05) is 17.7 Å². The summed E-state index contributed by atoms with van der Waals surface area (Å²) in [6, 6.07) is 9.99. The van der Waals surface area contributed by atoms with Crippen molar-refractivity contribution in [2.24, 2.45) is 5.14 Å². The first-order valence-electron chi connectivity index (χ1n) is 5.71. The number of halogens is 2. The van der Waals surface area contributed by atoms with Gasteiger partial charge in [-0.25, -0.2) is 13.6 Å². The lowest BCUT2D eigenvalue weighted by atomic mass is 10.2. The summed E-state index contributed by atoms with van der Waals surface area (Å²) in [6.45, 7) is 1.88. The van der Waals surface area contributed by atoms with E-state index in [0.717, 1.165) is 14.5 Å². The molecule has 0 aliphatic heterocycles. The molecule has 0 heterocycles. The third-order valence-electron chi connectivity index (χ3n) is 2.52. The van der Waals surface area contributed by atoms with Crippen molar-refractivity contribution in [1.82, 2.24) is 0 Å². The van der Waals surface area contributed by atoms with Crippen molar-refractivity contribution in [2.45, 2.75) is 11.8 Å². The fourth-order valence-corrected chi connectivity index (χ4v) is 2.53. The number of anilines is 2. The maximum Gasteiger partial charge on any atom is 0.238 e. The molecule has 0 unspecified atom stereocenters. The van der Waals surface area contributed by atoms with Crippen molar-refractivity contribution in [3.63, 3.8) is 0 Å². The van der Waals surface area contributed by atoms with Gasteiger partial charge in [0, 0.05) is 4.47 Å². The largest absolute Gasteiger partial charge is 0.397 e. The first kappa shape index (κ1) is 18.0. The van der Waals surface area contributed by atoms with Gasteiger partial charge in [-0.15, -0.1) is 0 Å². The molecule has 0 fully saturated rings. The monoisotopic (exact) mass is 435 g/mol. The number of hydrogen-bond acceptors (Lipinski definition) is 4. The number of sulfonamides is 1. The molecule has 0 saturated carbocycles. The minimum absolute atomic E-state index is 0.156. The van der Waals surface area contributed by atoms with E-state index < -0.39 is 10.0 Å². The zero-order chi connectivity index (χ0) is 16.2. The van der Waals surface area contributed by atoms with Crippen LogP contribution in [0.15, 0.2) is 50.2 Å².